The Morgan fingerprint density at radius 2 is 1.92 bits per heavy atom. The number of H-pyrrole nitrogens is 1. The summed E-state index contributed by atoms with van der Waals surface area (Å²) in [6.45, 7) is 3.59. The van der Waals surface area contributed by atoms with Gasteiger partial charge < -0.3 is 9.72 Å². The van der Waals surface area contributed by atoms with Crippen molar-refractivity contribution in [2.75, 3.05) is 12.4 Å². The highest BCUT2D eigenvalue weighted by molar-refractivity contribution is 8.00. The first-order valence-corrected chi connectivity index (χ1v) is 8.61. The summed E-state index contributed by atoms with van der Waals surface area (Å²) in [5.74, 6) is -0.575. The van der Waals surface area contributed by atoms with E-state index in [1.165, 1.54) is 6.07 Å². The third-order valence-electron chi connectivity index (χ3n) is 3.20. The molecule has 0 aliphatic carbocycles. The molecule has 0 saturated carbocycles. The Labute approximate surface area is 148 Å². The molecule has 0 radical (unpaired) electrons. The lowest BCUT2D eigenvalue weighted by atomic mass is 10.1. The summed E-state index contributed by atoms with van der Waals surface area (Å²) in [4.78, 5) is 38.6. The Hall–Kier alpha value is -2.05. The van der Waals surface area contributed by atoms with Crippen molar-refractivity contribution in [2.24, 2.45) is 0 Å². The van der Waals surface area contributed by atoms with Gasteiger partial charge in [0.2, 0.25) is 5.56 Å². The first-order valence-electron chi connectivity index (χ1n) is 7.25. The van der Waals surface area contributed by atoms with Crippen molar-refractivity contribution >= 4 is 35.1 Å². The summed E-state index contributed by atoms with van der Waals surface area (Å²) in [6, 6.07) is 7.88. The number of hydrogen-bond donors (Lipinski definition) is 1. The van der Waals surface area contributed by atoms with E-state index in [0.717, 1.165) is 11.8 Å². The second kappa shape index (κ2) is 8.17. The third-order valence-corrected chi connectivity index (χ3v) is 4.45. The Kier molecular flexibility index (Phi) is 6.23. The summed E-state index contributed by atoms with van der Waals surface area (Å²) in [6.07, 6.45) is 0. The molecule has 24 heavy (non-hydrogen) atoms. The highest BCUT2D eigenvalue weighted by Crippen LogP contribution is 2.24. The number of carbonyl (C=O) groups excluding carboxylic acids is 2. The number of aromatic amines is 1. The first kappa shape index (κ1) is 18.3. The standard InChI is InChI=1S/C17H16ClNO4S/c1-3-23-17(22)15-10(2)8-14(21)19-16(15)24-9-13(20)11-4-6-12(18)7-5-11/h4-8H,3,9H2,1-2H3,(H,19,21). The molecule has 0 spiro atoms. The van der Waals surface area contributed by atoms with Gasteiger partial charge in [-0.1, -0.05) is 23.4 Å². The normalized spacial score (nSPS) is 10.5. The van der Waals surface area contributed by atoms with Crippen LogP contribution < -0.4 is 5.56 Å². The molecule has 1 aromatic heterocycles. The molecule has 1 aromatic carbocycles. The van der Waals surface area contributed by atoms with Crippen molar-refractivity contribution in [1.29, 1.82) is 0 Å². The van der Waals surface area contributed by atoms with Crippen molar-refractivity contribution in [1.82, 2.24) is 4.98 Å². The van der Waals surface area contributed by atoms with Crippen molar-refractivity contribution in [3.8, 4) is 0 Å². The maximum atomic E-state index is 12.2. The molecule has 0 fully saturated rings. The molecule has 2 rings (SSSR count). The number of aromatic nitrogens is 1. The Bertz CT molecular complexity index is 814. The molecule has 0 unspecified atom stereocenters. The number of pyridine rings is 1. The van der Waals surface area contributed by atoms with Crippen LogP contribution in [-0.2, 0) is 4.74 Å². The van der Waals surface area contributed by atoms with Crippen LogP contribution in [0.25, 0.3) is 0 Å². The van der Waals surface area contributed by atoms with Crippen LogP contribution in [0.4, 0.5) is 0 Å². The van der Waals surface area contributed by atoms with E-state index in [0.29, 0.717) is 21.2 Å². The van der Waals surface area contributed by atoms with Crippen LogP contribution >= 0.6 is 23.4 Å². The molecule has 0 bridgehead atoms. The van der Waals surface area contributed by atoms with E-state index < -0.39 is 5.97 Å². The van der Waals surface area contributed by atoms with Gasteiger partial charge in [-0.2, -0.15) is 0 Å². The Morgan fingerprint density at radius 1 is 1.25 bits per heavy atom. The number of thioether (sulfide) groups is 1. The fourth-order valence-electron chi connectivity index (χ4n) is 2.08. The number of benzene rings is 1. The fourth-order valence-corrected chi connectivity index (χ4v) is 3.21. The number of rotatable bonds is 6. The lowest BCUT2D eigenvalue weighted by molar-refractivity contribution is 0.0520. The van der Waals surface area contributed by atoms with E-state index >= 15 is 0 Å². The second-order valence-electron chi connectivity index (χ2n) is 4.96. The van der Waals surface area contributed by atoms with Gasteiger partial charge >= 0.3 is 5.97 Å². The number of ketones is 1. The van der Waals surface area contributed by atoms with E-state index in [-0.39, 0.29) is 29.3 Å². The lowest BCUT2D eigenvalue weighted by Crippen LogP contribution is -2.16. The number of Topliss-reactive ketones (excluding diaryl/α,β-unsaturated/α-hetero) is 1. The zero-order chi connectivity index (χ0) is 17.7. The van der Waals surface area contributed by atoms with Gasteiger partial charge in [-0.15, -0.1) is 0 Å². The molecule has 1 heterocycles. The Morgan fingerprint density at radius 3 is 2.54 bits per heavy atom. The minimum atomic E-state index is -0.521. The molecule has 0 aliphatic heterocycles. The third kappa shape index (κ3) is 4.49. The molecular weight excluding hydrogens is 350 g/mol. The number of halogens is 1. The number of hydrogen-bond acceptors (Lipinski definition) is 5. The van der Waals surface area contributed by atoms with Crippen LogP contribution in [0.15, 0.2) is 40.2 Å². The van der Waals surface area contributed by atoms with E-state index in [1.54, 1.807) is 38.1 Å². The van der Waals surface area contributed by atoms with Crippen LogP contribution in [0.1, 0.15) is 33.2 Å². The summed E-state index contributed by atoms with van der Waals surface area (Å²) in [5.41, 5.74) is 0.977. The number of aryl methyl sites for hydroxylation is 1. The van der Waals surface area contributed by atoms with Crippen LogP contribution in [0, 0.1) is 6.92 Å². The SMILES string of the molecule is CCOC(=O)c1c(C)cc(=O)[nH]c1SCC(=O)c1ccc(Cl)cc1. The van der Waals surface area contributed by atoms with Gasteiger partial charge in [0, 0.05) is 16.7 Å². The zero-order valence-corrected chi connectivity index (χ0v) is 14.8. The van der Waals surface area contributed by atoms with Crippen LogP contribution in [0.2, 0.25) is 5.02 Å². The quantitative estimate of drug-likeness (QED) is 0.481. The smallest absolute Gasteiger partial charge is 0.341 e. The predicted molar refractivity (Wildman–Crippen MR) is 94.3 cm³/mol. The highest BCUT2D eigenvalue weighted by Gasteiger charge is 2.19. The molecule has 1 N–H and O–H groups in total. The van der Waals surface area contributed by atoms with Gasteiger partial charge in [-0.25, -0.2) is 4.79 Å². The number of nitrogens with one attached hydrogen (secondary N) is 1. The molecule has 0 saturated heterocycles. The molecule has 0 amide bonds. The maximum absolute atomic E-state index is 12.2. The topological polar surface area (TPSA) is 76.2 Å². The van der Waals surface area contributed by atoms with Gasteiger partial charge in [-0.05, 0) is 43.7 Å². The monoisotopic (exact) mass is 365 g/mol. The minimum Gasteiger partial charge on any atom is -0.462 e. The summed E-state index contributed by atoms with van der Waals surface area (Å²) in [7, 11) is 0. The number of ether oxygens (including phenoxy) is 1. The van der Waals surface area contributed by atoms with E-state index in [4.69, 9.17) is 16.3 Å². The number of esters is 1. The lowest BCUT2D eigenvalue weighted by Gasteiger charge is -2.10. The molecule has 5 nitrogen and oxygen atoms in total. The predicted octanol–water partition coefficient (Wildman–Crippen LogP) is 3.49. The van der Waals surface area contributed by atoms with Crippen molar-refractivity contribution in [3.05, 3.63) is 62.4 Å². The van der Waals surface area contributed by atoms with Crippen molar-refractivity contribution in [3.63, 3.8) is 0 Å². The van der Waals surface area contributed by atoms with E-state index in [2.05, 4.69) is 4.98 Å². The van der Waals surface area contributed by atoms with Crippen LogP contribution in [0.5, 0.6) is 0 Å². The average Bonchev–Trinajstić information content (AvgIpc) is 2.52. The van der Waals surface area contributed by atoms with Gasteiger partial charge in [-0.3, -0.25) is 9.59 Å². The Balaban J connectivity index is 2.22. The zero-order valence-electron chi connectivity index (χ0n) is 13.2. The van der Waals surface area contributed by atoms with Crippen molar-refractivity contribution in [2.45, 2.75) is 18.9 Å². The highest BCUT2D eigenvalue weighted by atomic mass is 35.5. The summed E-state index contributed by atoms with van der Waals surface area (Å²) < 4.78 is 5.02. The van der Waals surface area contributed by atoms with E-state index in [1.807, 2.05) is 0 Å². The van der Waals surface area contributed by atoms with Gasteiger partial charge in [0.05, 0.1) is 22.9 Å². The van der Waals surface area contributed by atoms with Gasteiger partial charge in [0.15, 0.2) is 5.78 Å². The minimum absolute atomic E-state index is 0.0768. The number of carbonyl (C=O) groups is 2. The van der Waals surface area contributed by atoms with Crippen LogP contribution in [0.3, 0.4) is 0 Å². The molecular formula is C17H16ClNO4S. The summed E-state index contributed by atoms with van der Waals surface area (Å²) in [5, 5.41) is 0.882. The average molecular weight is 366 g/mol. The molecule has 2 aromatic rings. The second-order valence-corrected chi connectivity index (χ2v) is 6.38. The first-order chi connectivity index (χ1) is 11.4. The molecule has 126 valence electrons. The van der Waals surface area contributed by atoms with E-state index in [9.17, 15) is 14.4 Å². The van der Waals surface area contributed by atoms with Gasteiger partial charge in [0.25, 0.3) is 0 Å². The molecule has 0 aliphatic rings. The van der Waals surface area contributed by atoms with Gasteiger partial charge in [0.1, 0.15) is 0 Å². The fraction of sp³-hybridized carbons (Fsp3) is 0.235. The molecule has 7 heteroatoms. The van der Waals surface area contributed by atoms with Crippen LogP contribution in [-0.4, -0.2) is 29.1 Å². The maximum Gasteiger partial charge on any atom is 0.341 e. The largest absolute Gasteiger partial charge is 0.462 e. The summed E-state index contributed by atoms with van der Waals surface area (Å²) >= 11 is 6.90. The van der Waals surface area contributed by atoms with Crippen molar-refractivity contribution < 1.29 is 14.3 Å². The molecule has 0 atom stereocenters.